The fraction of sp³-hybridized carbons (Fsp3) is 0.923. The van der Waals surface area contributed by atoms with E-state index in [2.05, 4.69) is 5.32 Å². The van der Waals surface area contributed by atoms with Gasteiger partial charge in [-0.3, -0.25) is 4.79 Å². The number of rotatable bonds is 3. The summed E-state index contributed by atoms with van der Waals surface area (Å²) in [6, 6.07) is -0.124. The lowest BCUT2D eigenvalue weighted by atomic mass is 10.1. The van der Waals surface area contributed by atoms with E-state index in [-0.39, 0.29) is 17.2 Å². The van der Waals surface area contributed by atoms with Gasteiger partial charge in [0.2, 0.25) is 5.91 Å². The van der Waals surface area contributed by atoms with E-state index in [0.717, 1.165) is 19.4 Å². The van der Waals surface area contributed by atoms with Gasteiger partial charge in [0.1, 0.15) is 0 Å². The first-order valence-electron chi connectivity index (χ1n) is 7.19. The quantitative estimate of drug-likeness (QED) is 0.794. The molecule has 5 nitrogen and oxygen atoms in total. The van der Waals surface area contributed by atoms with Crippen molar-refractivity contribution in [3.63, 3.8) is 0 Å². The van der Waals surface area contributed by atoms with Gasteiger partial charge in [-0.05, 0) is 44.6 Å². The van der Waals surface area contributed by atoms with Crippen molar-refractivity contribution in [1.29, 1.82) is 0 Å². The molecule has 4 atom stereocenters. The van der Waals surface area contributed by atoms with Gasteiger partial charge in [0.15, 0.2) is 9.84 Å². The molecule has 1 saturated carbocycles. The molecule has 2 aliphatic heterocycles. The third-order valence-corrected chi connectivity index (χ3v) is 7.17. The molecule has 3 rings (SSSR count). The number of nitrogens with one attached hydrogen (secondary N) is 1. The molecule has 0 aromatic carbocycles. The van der Waals surface area contributed by atoms with Crippen molar-refractivity contribution in [2.45, 2.75) is 37.0 Å². The lowest BCUT2D eigenvalue weighted by Gasteiger charge is -2.27. The molecule has 0 aromatic rings. The van der Waals surface area contributed by atoms with E-state index in [1.807, 2.05) is 11.9 Å². The van der Waals surface area contributed by atoms with Gasteiger partial charge < -0.3 is 10.2 Å². The summed E-state index contributed by atoms with van der Waals surface area (Å²) in [5, 5.41) is 2.76. The lowest BCUT2D eigenvalue weighted by Crippen LogP contribution is -2.48. The molecule has 1 N–H and O–H groups in total. The Morgan fingerprint density at radius 3 is 2.74 bits per heavy atom. The van der Waals surface area contributed by atoms with Crippen LogP contribution in [0, 0.1) is 11.8 Å². The molecule has 1 aliphatic carbocycles. The van der Waals surface area contributed by atoms with E-state index in [0.29, 0.717) is 30.6 Å². The molecule has 3 aliphatic rings. The predicted molar refractivity (Wildman–Crippen MR) is 72.5 cm³/mol. The van der Waals surface area contributed by atoms with Crippen molar-refractivity contribution >= 4 is 15.7 Å². The van der Waals surface area contributed by atoms with E-state index in [1.165, 1.54) is 6.42 Å². The molecular weight excluding hydrogens is 264 g/mol. The largest absolute Gasteiger partial charge is 0.340 e. The summed E-state index contributed by atoms with van der Waals surface area (Å²) in [6.45, 7) is 1.16. The highest BCUT2D eigenvalue weighted by Crippen LogP contribution is 2.44. The van der Waals surface area contributed by atoms with Crippen molar-refractivity contribution in [3.8, 4) is 0 Å². The van der Waals surface area contributed by atoms with Crippen molar-refractivity contribution in [2.75, 3.05) is 25.9 Å². The van der Waals surface area contributed by atoms with Crippen LogP contribution in [0.4, 0.5) is 0 Å². The van der Waals surface area contributed by atoms with Crippen LogP contribution in [0.2, 0.25) is 0 Å². The van der Waals surface area contributed by atoms with Gasteiger partial charge in [-0.2, -0.15) is 0 Å². The normalized spacial score (nSPS) is 40.9. The number of nitrogens with zero attached hydrogens (tertiary/aromatic N) is 1. The number of likely N-dealkylation sites (N-methyl/N-ethyl adjacent to an activating group) is 1. The number of hydrogen-bond donors (Lipinski definition) is 1. The summed E-state index contributed by atoms with van der Waals surface area (Å²) in [5.74, 6) is 1.65. The van der Waals surface area contributed by atoms with Crippen LogP contribution >= 0.6 is 0 Å². The predicted octanol–water partition coefficient (Wildman–Crippen LogP) is 0.0200. The first kappa shape index (κ1) is 13.4. The summed E-state index contributed by atoms with van der Waals surface area (Å²) in [4.78, 5) is 14.2. The van der Waals surface area contributed by atoms with Gasteiger partial charge in [-0.1, -0.05) is 0 Å². The van der Waals surface area contributed by atoms with E-state index >= 15 is 0 Å². The monoisotopic (exact) mass is 286 g/mol. The molecule has 4 unspecified atom stereocenters. The second-order valence-corrected chi connectivity index (χ2v) is 8.61. The number of sulfone groups is 1. The Kier molecular flexibility index (Phi) is 3.33. The SMILES string of the molecule is CNC1CC2CC2CN(CC2CCCS2(=O)=O)C1=O. The topological polar surface area (TPSA) is 66.5 Å². The Morgan fingerprint density at radius 1 is 1.32 bits per heavy atom. The van der Waals surface area contributed by atoms with Crippen LogP contribution in [0.3, 0.4) is 0 Å². The second-order valence-electron chi connectivity index (χ2n) is 6.21. The smallest absolute Gasteiger partial charge is 0.239 e. The first-order valence-corrected chi connectivity index (χ1v) is 8.90. The highest BCUT2D eigenvalue weighted by molar-refractivity contribution is 7.92. The van der Waals surface area contributed by atoms with Crippen molar-refractivity contribution in [3.05, 3.63) is 0 Å². The molecule has 1 amide bonds. The van der Waals surface area contributed by atoms with E-state index < -0.39 is 9.84 Å². The molecular formula is C13H22N2O3S. The molecule has 6 heteroatoms. The van der Waals surface area contributed by atoms with Gasteiger partial charge in [-0.25, -0.2) is 8.42 Å². The zero-order chi connectivity index (χ0) is 13.6. The molecule has 19 heavy (non-hydrogen) atoms. The highest BCUT2D eigenvalue weighted by atomic mass is 32.2. The average Bonchev–Trinajstić information content (AvgIpc) is 3.02. The van der Waals surface area contributed by atoms with Gasteiger partial charge in [0.25, 0.3) is 0 Å². The molecule has 2 heterocycles. The fourth-order valence-corrected chi connectivity index (χ4v) is 5.37. The summed E-state index contributed by atoms with van der Waals surface area (Å²) >= 11 is 0. The van der Waals surface area contributed by atoms with Crippen LogP contribution in [0.25, 0.3) is 0 Å². The van der Waals surface area contributed by atoms with Gasteiger partial charge in [0.05, 0.1) is 17.0 Å². The Balaban J connectivity index is 1.73. The van der Waals surface area contributed by atoms with Gasteiger partial charge in [0, 0.05) is 13.1 Å². The Labute approximate surface area is 114 Å². The average molecular weight is 286 g/mol. The minimum Gasteiger partial charge on any atom is -0.340 e. The van der Waals surface area contributed by atoms with Crippen molar-refractivity contribution in [2.24, 2.45) is 11.8 Å². The van der Waals surface area contributed by atoms with Gasteiger partial charge >= 0.3 is 0 Å². The molecule has 0 spiro atoms. The Bertz CT molecular complexity index is 476. The fourth-order valence-electron chi connectivity index (χ4n) is 3.53. The molecule has 108 valence electrons. The standard InChI is InChI=1S/C13H22N2O3S/c1-14-12-6-9-5-10(9)7-15(13(12)16)8-11-3-2-4-19(11,17)18/h9-12,14H,2-8H2,1H3. The van der Waals surface area contributed by atoms with Gasteiger partial charge in [-0.15, -0.1) is 0 Å². The van der Waals surface area contributed by atoms with Crippen LogP contribution in [0.1, 0.15) is 25.7 Å². The molecule has 3 fully saturated rings. The third-order valence-electron chi connectivity index (χ3n) is 4.91. The second kappa shape index (κ2) is 4.74. The number of fused-ring (bicyclic) bond motifs is 1. The van der Waals surface area contributed by atoms with Crippen LogP contribution < -0.4 is 5.32 Å². The maximum Gasteiger partial charge on any atom is 0.239 e. The van der Waals surface area contributed by atoms with E-state index in [1.54, 1.807) is 0 Å². The molecule has 0 bridgehead atoms. The van der Waals surface area contributed by atoms with E-state index in [4.69, 9.17) is 0 Å². The van der Waals surface area contributed by atoms with Crippen LogP contribution in [0.5, 0.6) is 0 Å². The van der Waals surface area contributed by atoms with Crippen molar-refractivity contribution in [1.82, 2.24) is 10.2 Å². The van der Waals surface area contributed by atoms with E-state index in [9.17, 15) is 13.2 Å². The van der Waals surface area contributed by atoms with Crippen LogP contribution in [-0.2, 0) is 14.6 Å². The zero-order valence-electron chi connectivity index (χ0n) is 11.3. The van der Waals surface area contributed by atoms with Crippen LogP contribution in [0.15, 0.2) is 0 Å². The number of likely N-dealkylation sites (tertiary alicyclic amines) is 1. The lowest BCUT2D eigenvalue weighted by molar-refractivity contribution is -0.133. The number of carbonyl (C=O) groups excluding carboxylic acids is 1. The molecule has 2 saturated heterocycles. The van der Waals surface area contributed by atoms with Crippen LogP contribution in [-0.4, -0.2) is 56.4 Å². The first-order chi connectivity index (χ1) is 9.01. The summed E-state index contributed by atoms with van der Waals surface area (Å²) in [7, 11) is -1.15. The highest BCUT2D eigenvalue weighted by Gasteiger charge is 2.46. The third kappa shape index (κ3) is 2.52. The Hall–Kier alpha value is -0.620. The minimum atomic E-state index is -2.96. The molecule has 0 radical (unpaired) electrons. The zero-order valence-corrected chi connectivity index (χ0v) is 12.2. The maximum absolute atomic E-state index is 12.4. The number of amides is 1. The Morgan fingerprint density at radius 2 is 2.11 bits per heavy atom. The minimum absolute atomic E-state index is 0.0943. The summed E-state index contributed by atoms with van der Waals surface area (Å²) < 4.78 is 23.8. The van der Waals surface area contributed by atoms with Crippen molar-refractivity contribution < 1.29 is 13.2 Å². The molecule has 0 aromatic heterocycles. The number of carbonyl (C=O) groups is 1. The number of hydrogen-bond acceptors (Lipinski definition) is 4. The summed E-state index contributed by atoms with van der Waals surface area (Å²) in [5.41, 5.74) is 0. The maximum atomic E-state index is 12.4. The summed E-state index contributed by atoms with van der Waals surface area (Å²) in [6.07, 6.45) is 3.56.